The highest BCUT2D eigenvalue weighted by Gasteiger charge is 2.38. The Hall–Kier alpha value is -0.920. The van der Waals surface area contributed by atoms with Gasteiger partial charge in [0.15, 0.2) is 7.14 Å². The lowest BCUT2D eigenvalue weighted by molar-refractivity contribution is -0.597. The van der Waals surface area contributed by atoms with E-state index in [-0.39, 0.29) is 21.2 Å². The van der Waals surface area contributed by atoms with Crippen molar-refractivity contribution in [2.75, 3.05) is 0 Å². The van der Waals surface area contributed by atoms with Gasteiger partial charge < -0.3 is 0 Å². The molecule has 0 bridgehead atoms. The molecule has 5 heteroatoms. The Kier molecular flexibility index (Phi) is 7.25. The van der Waals surface area contributed by atoms with E-state index in [1.807, 2.05) is 0 Å². The Morgan fingerprint density at radius 1 is 0.833 bits per heavy atom. The van der Waals surface area contributed by atoms with Gasteiger partial charge >= 0.3 is 21.2 Å². The van der Waals surface area contributed by atoms with Crippen LogP contribution < -0.4 is 21.2 Å². The van der Waals surface area contributed by atoms with Gasteiger partial charge in [0.2, 0.25) is 0 Å². The molecule has 0 atom stereocenters. The lowest BCUT2D eigenvalue weighted by Crippen LogP contribution is -3.61. The molecule has 1 aliphatic carbocycles. The zero-order chi connectivity index (χ0) is 17.5. The molecule has 1 aliphatic rings. The minimum Gasteiger partial charge on any atom is -0.285 e. The summed E-state index contributed by atoms with van der Waals surface area (Å²) in [4.78, 5) is 0. The fourth-order valence-corrected chi connectivity index (χ4v) is 5.71. The van der Waals surface area contributed by atoms with Crippen LogP contribution in [0.2, 0.25) is 0 Å². The molecule has 0 aliphatic heterocycles. The van der Waals surface area contributed by atoms with E-state index >= 15 is 0 Å². The first-order valence-corrected chi connectivity index (χ1v) is 11.7. The van der Waals surface area contributed by atoms with E-state index in [2.05, 4.69) is 60.7 Å². The van der Waals surface area contributed by atoms with E-state index in [9.17, 15) is 8.42 Å². The topological polar surface area (TPSA) is 54.4 Å². The quantitative estimate of drug-likeness (QED) is 0.558. The van der Waals surface area contributed by atoms with Gasteiger partial charge in [0.05, 0.1) is 4.75 Å². The molecular weight excluding hydrogens is 435 g/mol. The summed E-state index contributed by atoms with van der Waals surface area (Å²) >= 11 is 0.0287. The highest BCUT2D eigenvalue weighted by molar-refractivity contribution is 7.87. The van der Waals surface area contributed by atoms with E-state index in [0.29, 0.717) is 12.8 Å². The average molecular weight is 459 g/mol. The van der Waals surface area contributed by atoms with Crippen molar-refractivity contribution >= 4 is 10.1 Å². The zero-order valence-corrected chi connectivity index (χ0v) is 16.8. The van der Waals surface area contributed by atoms with E-state index < -0.39 is 14.9 Å². The van der Waals surface area contributed by atoms with Crippen LogP contribution in [0.25, 0.3) is 0 Å². The minimum absolute atomic E-state index is 0.0287. The molecule has 1 saturated carbocycles. The van der Waals surface area contributed by atoms with Gasteiger partial charge in [0.25, 0.3) is 10.1 Å². The molecule has 0 amide bonds. The molecule has 3 nitrogen and oxygen atoms in total. The van der Waals surface area contributed by atoms with Crippen LogP contribution in [0.1, 0.15) is 39.0 Å². The Morgan fingerprint density at radius 2 is 1.25 bits per heavy atom. The van der Waals surface area contributed by atoms with Crippen LogP contribution in [-0.4, -0.2) is 17.7 Å². The van der Waals surface area contributed by atoms with Crippen LogP contribution in [0.4, 0.5) is 0 Å². The summed E-state index contributed by atoms with van der Waals surface area (Å²) in [5.41, 5.74) is 0. The standard InChI is InChI=1S/C12H10I.C7H14O3S/c1-3-7-11(8-4-1)13-12-9-5-2-6-10-12;1-7(11(8,9)10)5-3-2-4-6-7/h1-10H;2-6H2,1H3,(H,8,9,10)/q+1;. The summed E-state index contributed by atoms with van der Waals surface area (Å²) in [6.07, 6.45) is 4.12. The highest BCUT2D eigenvalue weighted by Crippen LogP contribution is 2.33. The monoisotopic (exact) mass is 459 g/mol. The molecule has 0 aromatic heterocycles. The van der Waals surface area contributed by atoms with Crippen LogP contribution in [0, 0.1) is 7.14 Å². The van der Waals surface area contributed by atoms with Crippen molar-refractivity contribution in [1.82, 2.24) is 0 Å². The van der Waals surface area contributed by atoms with E-state index in [0.717, 1.165) is 19.3 Å². The third-order valence-corrected chi connectivity index (χ3v) is 8.56. The smallest absolute Gasteiger partial charge is 0.285 e. The fraction of sp³-hybridized carbons (Fsp3) is 0.368. The highest BCUT2D eigenvalue weighted by atomic mass is 127. The second kappa shape index (κ2) is 8.97. The van der Waals surface area contributed by atoms with Gasteiger partial charge in [-0.25, -0.2) is 0 Å². The summed E-state index contributed by atoms with van der Waals surface area (Å²) in [5, 5.41) is 0. The van der Waals surface area contributed by atoms with Gasteiger partial charge in [-0.15, -0.1) is 0 Å². The molecule has 0 radical (unpaired) electrons. The van der Waals surface area contributed by atoms with Gasteiger partial charge in [-0.2, -0.15) is 8.42 Å². The zero-order valence-electron chi connectivity index (χ0n) is 13.9. The van der Waals surface area contributed by atoms with Crippen molar-refractivity contribution in [2.24, 2.45) is 0 Å². The molecule has 0 spiro atoms. The molecule has 3 rings (SSSR count). The number of hydrogen-bond donors (Lipinski definition) is 1. The number of halogens is 1. The van der Waals surface area contributed by atoms with E-state index in [1.165, 1.54) is 7.14 Å². The van der Waals surface area contributed by atoms with E-state index in [1.54, 1.807) is 6.92 Å². The first-order valence-electron chi connectivity index (χ1n) is 8.13. The Morgan fingerprint density at radius 3 is 1.58 bits per heavy atom. The molecule has 1 fully saturated rings. The predicted molar refractivity (Wildman–Crippen MR) is 93.3 cm³/mol. The predicted octanol–water partition coefficient (Wildman–Crippen LogP) is 1.41. The van der Waals surface area contributed by atoms with Gasteiger partial charge in [-0.05, 0) is 44.0 Å². The third kappa shape index (κ3) is 5.86. The number of benzene rings is 2. The van der Waals surface area contributed by atoms with Gasteiger partial charge in [-0.1, -0.05) is 55.7 Å². The lowest BCUT2D eigenvalue weighted by atomic mass is 9.90. The van der Waals surface area contributed by atoms with Crippen molar-refractivity contribution in [3.63, 3.8) is 0 Å². The first kappa shape index (κ1) is 19.4. The first-order chi connectivity index (χ1) is 11.4. The fourth-order valence-electron chi connectivity index (χ4n) is 2.64. The van der Waals surface area contributed by atoms with Crippen molar-refractivity contribution in [1.29, 1.82) is 0 Å². The van der Waals surface area contributed by atoms with Crippen molar-refractivity contribution < 1.29 is 34.2 Å². The molecule has 1 N–H and O–H groups in total. The minimum atomic E-state index is -3.83. The summed E-state index contributed by atoms with van der Waals surface area (Å²) < 4.78 is 32.7. The Bertz CT molecular complexity index is 671. The maximum absolute atomic E-state index is 10.9. The molecule has 130 valence electrons. The van der Waals surface area contributed by atoms with E-state index in [4.69, 9.17) is 4.55 Å². The maximum Gasteiger partial charge on any atom is 0.357 e. The number of rotatable bonds is 3. The van der Waals surface area contributed by atoms with Gasteiger partial charge in [0.1, 0.15) is 0 Å². The lowest BCUT2D eigenvalue weighted by Gasteiger charge is -2.29. The normalized spacial score (nSPS) is 16.8. The summed E-state index contributed by atoms with van der Waals surface area (Å²) in [5.74, 6) is 0. The molecule has 0 saturated heterocycles. The maximum atomic E-state index is 10.9. The van der Waals surface area contributed by atoms with Crippen LogP contribution in [0.15, 0.2) is 60.7 Å². The molecular formula is C19H24IO3S+. The Labute approximate surface area is 155 Å². The van der Waals surface area contributed by atoms with Gasteiger partial charge in [0, 0.05) is 0 Å². The molecule has 0 unspecified atom stereocenters. The van der Waals surface area contributed by atoms with Gasteiger partial charge in [-0.3, -0.25) is 4.55 Å². The third-order valence-electron chi connectivity index (χ3n) is 4.22. The molecule has 24 heavy (non-hydrogen) atoms. The SMILES string of the molecule is CC1(S(=O)(=O)O)CCCCC1.c1ccc([I+]c2ccccc2)cc1. The van der Waals surface area contributed by atoms with Crippen molar-refractivity contribution in [3.8, 4) is 0 Å². The summed E-state index contributed by atoms with van der Waals surface area (Å²) in [7, 11) is -3.83. The summed E-state index contributed by atoms with van der Waals surface area (Å²) in [6, 6.07) is 21.4. The molecule has 2 aromatic rings. The average Bonchev–Trinajstić information content (AvgIpc) is 2.57. The van der Waals surface area contributed by atoms with Crippen LogP contribution in [0.3, 0.4) is 0 Å². The Balaban J connectivity index is 0.000000177. The molecule has 2 aromatic carbocycles. The second-order valence-corrected chi connectivity index (χ2v) is 11.1. The van der Waals surface area contributed by atoms with Crippen LogP contribution in [-0.2, 0) is 10.1 Å². The second-order valence-electron chi connectivity index (χ2n) is 6.17. The largest absolute Gasteiger partial charge is 0.357 e. The molecule has 0 heterocycles. The number of hydrogen-bond acceptors (Lipinski definition) is 2. The van der Waals surface area contributed by atoms with Crippen molar-refractivity contribution in [2.45, 2.75) is 43.8 Å². The van der Waals surface area contributed by atoms with Crippen molar-refractivity contribution in [3.05, 3.63) is 67.8 Å². The van der Waals surface area contributed by atoms with Crippen LogP contribution >= 0.6 is 0 Å². The van der Waals surface area contributed by atoms with Crippen LogP contribution in [0.5, 0.6) is 0 Å². The summed E-state index contributed by atoms with van der Waals surface area (Å²) in [6.45, 7) is 1.63.